The van der Waals surface area contributed by atoms with Gasteiger partial charge in [0.1, 0.15) is 0 Å². The highest BCUT2D eigenvalue weighted by molar-refractivity contribution is 7.89. The number of carbonyl (C=O) groups excluding carboxylic acids is 2. The van der Waals surface area contributed by atoms with Crippen LogP contribution in [0, 0.1) is 18.8 Å². The molecule has 1 amide bonds. The van der Waals surface area contributed by atoms with E-state index in [2.05, 4.69) is 5.32 Å². The Labute approximate surface area is 154 Å². The number of aryl methyl sites for hydroxylation is 1. The van der Waals surface area contributed by atoms with Crippen molar-refractivity contribution in [3.8, 4) is 0 Å². The fraction of sp³-hybridized carbons (Fsp3) is 0.556. The third kappa shape index (κ3) is 4.62. The molecule has 26 heavy (non-hydrogen) atoms. The third-order valence-electron chi connectivity index (χ3n) is 4.55. The first-order chi connectivity index (χ1) is 12.2. The molecule has 0 aromatic heterocycles. The molecule has 1 aliphatic rings. The van der Waals surface area contributed by atoms with Gasteiger partial charge < -0.3 is 10.1 Å². The molecule has 1 aromatic carbocycles. The number of hydrogen-bond acceptors (Lipinski definition) is 5. The van der Waals surface area contributed by atoms with Gasteiger partial charge in [-0.05, 0) is 37.0 Å². The van der Waals surface area contributed by atoms with E-state index < -0.39 is 15.9 Å². The van der Waals surface area contributed by atoms with Gasteiger partial charge in [0.05, 0.1) is 10.8 Å². The first-order valence-electron chi connectivity index (χ1n) is 8.78. The van der Waals surface area contributed by atoms with E-state index in [4.69, 9.17) is 4.74 Å². The van der Waals surface area contributed by atoms with Crippen LogP contribution >= 0.6 is 0 Å². The standard InChI is InChI=1S/C18H26N2O5S/c1-5-20(6-2)26(23,24)16-10-14(8-7-12(16)3)19-17(21)11-25-18(22)15-9-13(15)4/h7-8,10,13,15H,5-6,9,11H2,1-4H3,(H,19,21)/t13-,15+/m0/s1. The molecule has 0 heterocycles. The van der Waals surface area contributed by atoms with Crippen molar-refractivity contribution in [3.63, 3.8) is 0 Å². The Morgan fingerprint density at radius 2 is 1.88 bits per heavy atom. The van der Waals surface area contributed by atoms with Gasteiger partial charge >= 0.3 is 5.97 Å². The van der Waals surface area contributed by atoms with Crippen molar-refractivity contribution < 1.29 is 22.7 Å². The van der Waals surface area contributed by atoms with Gasteiger partial charge in [0.25, 0.3) is 5.91 Å². The Hall–Kier alpha value is -1.93. The Balaban J connectivity index is 2.06. The molecular weight excluding hydrogens is 356 g/mol. The van der Waals surface area contributed by atoms with Gasteiger partial charge in [-0.3, -0.25) is 9.59 Å². The molecule has 2 rings (SSSR count). The molecule has 8 heteroatoms. The van der Waals surface area contributed by atoms with Crippen LogP contribution < -0.4 is 5.32 Å². The second-order valence-electron chi connectivity index (χ2n) is 6.54. The summed E-state index contributed by atoms with van der Waals surface area (Å²) in [5.74, 6) is -0.647. The van der Waals surface area contributed by atoms with Gasteiger partial charge in [-0.25, -0.2) is 8.42 Å². The first-order valence-corrected chi connectivity index (χ1v) is 10.2. The molecule has 1 fully saturated rings. The lowest BCUT2D eigenvalue weighted by Gasteiger charge is -2.20. The molecular formula is C18H26N2O5S. The monoisotopic (exact) mass is 382 g/mol. The maximum absolute atomic E-state index is 12.7. The van der Waals surface area contributed by atoms with Gasteiger partial charge in [0.2, 0.25) is 10.0 Å². The van der Waals surface area contributed by atoms with Crippen LogP contribution in [0.2, 0.25) is 0 Å². The van der Waals surface area contributed by atoms with Gasteiger partial charge in [-0.1, -0.05) is 26.8 Å². The van der Waals surface area contributed by atoms with Crippen molar-refractivity contribution in [2.75, 3.05) is 25.0 Å². The Morgan fingerprint density at radius 1 is 1.27 bits per heavy atom. The topological polar surface area (TPSA) is 92.8 Å². The van der Waals surface area contributed by atoms with Crippen LogP contribution in [0.15, 0.2) is 23.1 Å². The number of esters is 1. The summed E-state index contributed by atoms with van der Waals surface area (Å²) in [6.45, 7) is 7.56. The smallest absolute Gasteiger partial charge is 0.309 e. The lowest BCUT2D eigenvalue weighted by Crippen LogP contribution is -2.31. The Bertz CT molecular complexity index is 787. The average molecular weight is 382 g/mol. The average Bonchev–Trinajstić information content (AvgIpc) is 3.32. The molecule has 144 valence electrons. The highest BCUT2D eigenvalue weighted by atomic mass is 32.2. The molecule has 0 bridgehead atoms. The lowest BCUT2D eigenvalue weighted by atomic mass is 10.2. The fourth-order valence-corrected chi connectivity index (χ4v) is 4.46. The van der Waals surface area contributed by atoms with Crippen molar-refractivity contribution >= 4 is 27.6 Å². The van der Waals surface area contributed by atoms with Crippen molar-refractivity contribution in [2.45, 2.75) is 39.0 Å². The minimum Gasteiger partial charge on any atom is -0.455 e. The van der Waals surface area contributed by atoms with Gasteiger partial charge in [0, 0.05) is 18.8 Å². The number of nitrogens with one attached hydrogen (secondary N) is 1. The largest absolute Gasteiger partial charge is 0.455 e. The predicted molar refractivity (Wildman–Crippen MR) is 98.1 cm³/mol. The molecule has 0 radical (unpaired) electrons. The Kier molecular flexibility index (Phi) is 6.41. The third-order valence-corrected chi connectivity index (χ3v) is 6.74. The van der Waals surface area contributed by atoms with Crippen LogP contribution in [0.3, 0.4) is 0 Å². The quantitative estimate of drug-likeness (QED) is 0.696. The summed E-state index contributed by atoms with van der Waals surface area (Å²) in [5.41, 5.74) is 0.950. The zero-order valence-corrected chi connectivity index (χ0v) is 16.4. The number of benzene rings is 1. The van der Waals surface area contributed by atoms with E-state index in [1.165, 1.54) is 10.4 Å². The second kappa shape index (κ2) is 8.18. The van der Waals surface area contributed by atoms with E-state index in [0.717, 1.165) is 6.42 Å². The SMILES string of the molecule is CCN(CC)S(=O)(=O)c1cc(NC(=O)COC(=O)[C@@H]2C[C@@H]2C)ccc1C. The number of anilines is 1. The van der Waals surface area contributed by atoms with Crippen molar-refractivity contribution in [1.29, 1.82) is 0 Å². The van der Waals surface area contributed by atoms with Crippen LogP contribution in [0.4, 0.5) is 5.69 Å². The molecule has 1 aromatic rings. The number of hydrogen-bond donors (Lipinski definition) is 1. The molecule has 0 unspecified atom stereocenters. The van der Waals surface area contributed by atoms with Crippen molar-refractivity contribution in [1.82, 2.24) is 4.31 Å². The van der Waals surface area contributed by atoms with E-state index in [0.29, 0.717) is 30.3 Å². The van der Waals surface area contributed by atoms with Crippen LogP contribution in [0.25, 0.3) is 0 Å². The van der Waals surface area contributed by atoms with Crippen LogP contribution in [0.1, 0.15) is 32.8 Å². The summed E-state index contributed by atoms with van der Waals surface area (Å²) in [6.07, 6.45) is 0.797. The van der Waals surface area contributed by atoms with Gasteiger partial charge in [-0.2, -0.15) is 4.31 Å². The van der Waals surface area contributed by atoms with Crippen molar-refractivity contribution in [3.05, 3.63) is 23.8 Å². The molecule has 1 saturated carbocycles. The summed E-state index contributed by atoms with van der Waals surface area (Å²) in [4.78, 5) is 23.8. The molecule has 1 aliphatic carbocycles. The summed E-state index contributed by atoms with van der Waals surface area (Å²) < 4.78 is 31.8. The predicted octanol–water partition coefficient (Wildman–Crippen LogP) is 2.16. The van der Waals surface area contributed by atoms with Crippen LogP contribution in [-0.2, 0) is 24.3 Å². The molecule has 0 aliphatic heterocycles. The van der Waals surface area contributed by atoms with Crippen LogP contribution in [-0.4, -0.2) is 44.3 Å². The van der Waals surface area contributed by atoms with Gasteiger partial charge in [0.15, 0.2) is 6.61 Å². The van der Waals surface area contributed by atoms with E-state index in [1.54, 1.807) is 32.9 Å². The summed E-state index contributed by atoms with van der Waals surface area (Å²) >= 11 is 0. The van der Waals surface area contributed by atoms with E-state index >= 15 is 0 Å². The minimum atomic E-state index is -3.63. The second-order valence-corrected chi connectivity index (χ2v) is 8.45. The normalized spacial score (nSPS) is 19.3. The first kappa shape index (κ1) is 20.4. The number of ether oxygens (including phenoxy) is 1. The number of rotatable bonds is 8. The number of nitrogens with zero attached hydrogens (tertiary/aromatic N) is 1. The minimum absolute atomic E-state index is 0.104. The summed E-state index contributed by atoms with van der Waals surface area (Å²) in [5, 5.41) is 2.58. The zero-order valence-electron chi connectivity index (χ0n) is 15.6. The summed E-state index contributed by atoms with van der Waals surface area (Å²) in [7, 11) is -3.63. The molecule has 0 spiro atoms. The number of carbonyl (C=O) groups is 2. The molecule has 2 atom stereocenters. The maximum Gasteiger partial charge on any atom is 0.309 e. The molecule has 7 nitrogen and oxygen atoms in total. The van der Waals surface area contributed by atoms with Gasteiger partial charge in [-0.15, -0.1) is 0 Å². The Morgan fingerprint density at radius 3 is 2.42 bits per heavy atom. The summed E-state index contributed by atoms with van der Waals surface area (Å²) in [6, 6.07) is 4.70. The fourth-order valence-electron chi connectivity index (χ4n) is 2.75. The number of sulfonamides is 1. The number of amides is 1. The molecule has 0 saturated heterocycles. The highest BCUT2D eigenvalue weighted by Gasteiger charge is 2.40. The van der Waals surface area contributed by atoms with Crippen LogP contribution in [0.5, 0.6) is 0 Å². The lowest BCUT2D eigenvalue weighted by molar-refractivity contribution is -0.148. The maximum atomic E-state index is 12.7. The van der Waals surface area contributed by atoms with E-state index in [9.17, 15) is 18.0 Å². The highest BCUT2D eigenvalue weighted by Crippen LogP contribution is 2.38. The molecule has 1 N–H and O–H groups in total. The van der Waals surface area contributed by atoms with E-state index in [-0.39, 0.29) is 23.4 Å². The van der Waals surface area contributed by atoms with E-state index in [1.807, 2.05) is 6.92 Å². The van der Waals surface area contributed by atoms with Crippen molar-refractivity contribution in [2.24, 2.45) is 11.8 Å². The zero-order chi connectivity index (χ0) is 19.5.